The van der Waals surface area contributed by atoms with Crippen molar-refractivity contribution in [3.63, 3.8) is 0 Å². The summed E-state index contributed by atoms with van der Waals surface area (Å²) in [6.45, 7) is 10.1. The van der Waals surface area contributed by atoms with E-state index in [0.717, 1.165) is 32.7 Å². The topological polar surface area (TPSA) is 36.0 Å². The third kappa shape index (κ3) is 5.90. The van der Waals surface area contributed by atoms with Crippen LogP contribution >= 0.6 is 23.2 Å². The Hall–Kier alpha value is -2.05. The number of rotatable bonds is 8. The lowest BCUT2D eigenvalue weighted by molar-refractivity contribution is 0.0245. The molecule has 1 atom stereocenters. The first kappa shape index (κ1) is 24.1. The Bertz CT molecular complexity index is 950. The molecule has 0 bridgehead atoms. The normalized spacial score (nSPS) is 17.9. The van der Waals surface area contributed by atoms with E-state index in [-0.39, 0.29) is 12.0 Å². The van der Waals surface area contributed by atoms with Crippen LogP contribution in [0.1, 0.15) is 34.9 Å². The molecule has 5 nitrogen and oxygen atoms in total. The highest BCUT2D eigenvalue weighted by Gasteiger charge is 2.27. The Morgan fingerprint density at radius 1 is 1.00 bits per heavy atom. The van der Waals surface area contributed by atoms with Gasteiger partial charge in [0.15, 0.2) is 0 Å². The molecule has 0 aliphatic carbocycles. The minimum absolute atomic E-state index is 0.0502. The first-order chi connectivity index (χ1) is 16.1. The minimum atomic E-state index is -0.108. The lowest BCUT2D eigenvalue weighted by Gasteiger charge is -2.36. The van der Waals surface area contributed by atoms with Gasteiger partial charge in [0, 0.05) is 51.5 Å². The predicted molar refractivity (Wildman–Crippen MR) is 136 cm³/mol. The molecule has 7 heteroatoms. The highest BCUT2D eigenvalue weighted by molar-refractivity contribution is 6.39. The molecular weight excluding hydrogens is 457 g/mol. The molecule has 1 amide bonds. The average Bonchev–Trinajstić information content (AvgIpc) is 3.37. The summed E-state index contributed by atoms with van der Waals surface area (Å²) in [5.74, 6) is -0.108. The largest absolute Gasteiger partial charge is 0.372 e. The third-order valence-corrected chi connectivity index (χ3v) is 7.02. The van der Waals surface area contributed by atoms with Crippen molar-refractivity contribution < 1.29 is 9.53 Å². The Kier molecular flexibility index (Phi) is 8.31. The number of carbonyl (C=O) groups is 1. The molecule has 0 spiro atoms. The molecule has 2 heterocycles. The van der Waals surface area contributed by atoms with E-state index in [0.29, 0.717) is 35.3 Å². The lowest BCUT2D eigenvalue weighted by atomic mass is 10.1. The molecule has 4 rings (SSSR count). The Balaban J connectivity index is 1.40. The molecule has 33 heavy (non-hydrogen) atoms. The molecule has 2 aromatic carbocycles. The average molecular weight is 488 g/mol. The summed E-state index contributed by atoms with van der Waals surface area (Å²) in [5, 5.41) is 0.788. The van der Waals surface area contributed by atoms with Crippen LogP contribution in [0, 0.1) is 0 Å². The predicted octanol–water partition coefficient (Wildman–Crippen LogP) is 5.30. The summed E-state index contributed by atoms with van der Waals surface area (Å²) >= 11 is 12.5. The van der Waals surface area contributed by atoms with E-state index >= 15 is 0 Å². The number of hydrogen-bond acceptors (Lipinski definition) is 4. The minimum Gasteiger partial charge on any atom is -0.372 e. The summed E-state index contributed by atoms with van der Waals surface area (Å²) in [6.07, 6.45) is 4.25. The highest BCUT2D eigenvalue weighted by Crippen LogP contribution is 2.28. The second-order valence-electron chi connectivity index (χ2n) is 8.59. The molecule has 2 aliphatic heterocycles. The second-order valence-corrected chi connectivity index (χ2v) is 9.40. The van der Waals surface area contributed by atoms with Crippen molar-refractivity contribution in [1.29, 1.82) is 0 Å². The summed E-state index contributed by atoms with van der Waals surface area (Å²) in [6, 6.07) is 13.9. The van der Waals surface area contributed by atoms with Crippen molar-refractivity contribution in [3.8, 4) is 0 Å². The van der Waals surface area contributed by atoms with Gasteiger partial charge in [-0.3, -0.25) is 9.69 Å². The smallest absolute Gasteiger partial charge is 0.256 e. The number of halogens is 2. The maximum absolute atomic E-state index is 13.0. The number of piperazine rings is 1. The quantitative estimate of drug-likeness (QED) is 0.473. The van der Waals surface area contributed by atoms with Crippen LogP contribution < -0.4 is 4.90 Å². The zero-order chi connectivity index (χ0) is 23.2. The van der Waals surface area contributed by atoms with Crippen molar-refractivity contribution >= 4 is 34.8 Å². The van der Waals surface area contributed by atoms with Crippen LogP contribution in [0.4, 0.5) is 5.69 Å². The zero-order valence-corrected chi connectivity index (χ0v) is 20.4. The van der Waals surface area contributed by atoms with Crippen LogP contribution in [0.25, 0.3) is 0 Å². The van der Waals surface area contributed by atoms with E-state index in [9.17, 15) is 4.79 Å². The molecule has 2 fully saturated rings. The van der Waals surface area contributed by atoms with Gasteiger partial charge in [0.25, 0.3) is 5.91 Å². The fourth-order valence-corrected chi connectivity index (χ4v) is 5.12. The monoisotopic (exact) mass is 487 g/mol. The van der Waals surface area contributed by atoms with Gasteiger partial charge in [0.2, 0.25) is 0 Å². The van der Waals surface area contributed by atoms with Gasteiger partial charge in [-0.1, -0.05) is 47.5 Å². The standard InChI is InChI=1S/C26H31Cl2N3O2/c1-2-17-33-24(20-7-5-8-21(18-20)30-11-3-4-12-30)19-29-13-15-31(16-14-29)26(32)25-22(27)9-6-10-23(25)28/h2,5-10,18,24H,1,3-4,11-17,19H2. The Morgan fingerprint density at radius 2 is 1.67 bits per heavy atom. The summed E-state index contributed by atoms with van der Waals surface area (Å²) in [5.41, 5.74) is 2.84. The van der Waals surface area contributed by atoms with Crippen LogP contribution in [-0.2, 0) is 4.74 Å². The van der Waals surface area contributed by atoms with Crippen molar-refractivity contribution in [3.05, 3.63) is 76.3 Å². The lowest BCUT2D eigenvalue weighted by Crippen LogP contribution is -2.49. The van der Waals surface area contributed by atoms with E-state index in [1.54, 1.807) is 24.3 Å². The fraction of sp³-hybridized carbons (Fsp3) is 0.423. The second kappa shape index (κ2) is 11.4. The molecule has 176 valence electrons. The van der Waals surface area contributed by atoms with Gasteiger partial charge in [-0.25, -0.2) is 0 Å². The van der Waals surface area contributed by atoms with Gasteiger partial charge < -0.3 is 14.5 Å². The van der Waals surface area contributed by atoms with E-state index < -0.39 is 0 Å². The highest BCUT2D eigenvalue weighted by atomic mass is 35.5. The van der Waals surface area contributed by atoms with Crippen molar-refractivity contribution in [2.75, 3.05) is 57.3 Å². The maximum atomic E-state index is 13.0. The van der Waals surface area contributed by atoms with Gasteiger partial charge >= 0.3 is 0 Å². The van der Waals surface area contributed by atoms with Gasteiger partial charge in [-0.2, -0.15) is 0 Å². The SMILES string of the molecule is C=CCOC(CN1CCN(C(=O)c2c(Cl)cccc2Cl)CC1)c1cccc(N2CCCC2)c1. The zero-order valence-electron chi connectivity index (χ0n) is 18.9. The first-order valence-corrected chi connectivity index (χ1v) is 12.4. The Morgan fingerprint density at radius 3 is 2.33 bits per heavy atom. The van der Waals surface area contributed by atoms with E-state index in [1.165, 1.54) is 24.1 Å². The molecular formula is C26H31Cl2N3O2. The number of hydrogen-bond donors (Lipinski definition) is 0. The van der Waals surface area contributed by atoms with Crippen molar-refractivity contribution in [2.45, 2.75) is 18.9 Å². The maximum Gasteiger partial charge on any atom is 0.256 e. The van der Waals surface area contributed by atoms with Crippen LogP contribution in [0.15, 0.2) is 55.1 Å². The van der Waals surface area contributed by atoms with Gasteiger partial charge in [0.05, 0.1) is 28.3 Å². The van der Waals surface area contributed by atoms with E-state index in [2.05, 4.69) is 40.6 Å². The Labute approximate surface area is 206 Å². The van der Waals surface area contributed by atoms with Crippen LogP contribution in [0.5, 0.6) is 0 Å². The van der Waals surface area contributed by atoms with E-state index in [4.69, 9.17) is 27.9 Å². The number of anilines is 1. The number of amides is 1. The molecule has 0 radical (unpaired) electrons. The molecule has 2 aromatic rings. The molecule has 0 N–H and O–H groups in total. The van der Waals surface area contributed by atoms with Gasteiger partial charge in [0.1, 0.15) is 0 Å². The number of nitrogens with zero attached hydrogens (tertiary/aromatic N) is 3. The van der Waals surface area contributed by atoms with Crippen LogP contribution in [0.2, 0.25) is 10.0 Å². The fourth-order valence-electron chi connectivity index (χ4n) is 4.56. The van der Waals surface area contributed by atoms with Crippen LogP contribution in [-0.4, -0.2) is 68.1 Å². The molecule has 2 saturated heterocycles. The van der Waals surface area contributed by atoms with Gasteiger partial charge in [-0.05, 0) is 42.7 Å². The molecule has 1 unspecified atom stereocenters. The molecule has 0 aromatic heterocycles. The van der Waals surface area contributed by atoms with Crippen LogP contribution in [0.3, 0.4) is 0 Å². The summed E-state index contributed by atoms with van der Waals surface area (Å²) < 4.78 is 6.18. The number of carbonyl (C=O) groups excluding carboxylic acids is 1. The third-order valence-electron chi connectivity index (χ3n) is 6.39. The summed E-state index contributed by atoms with van der Waals surface area (Å²) in [7, 11) is 0. The van der Waals surface area contributed by atoms with Crippen molar-refractivity contribution in [1.82, 2.24) is 9.80 Å². The first-order valence-electron chi connectivity index (χ1n) is 11.6. The number of benzene rings is 2. The van der Waals surface area contributed by atoms with Crippen molar-refractivity contribution in [2.24, 2.45) is 0 Å². The van der Waals surface area contributed by atoms with E-state index in [1.807, 2.05) is 4.90 Å². The van der Waals surface area contributed by atoms with Gasteiger partial charge in [-0.15, -0.1) is 6.58 Å². The number of ether oxygens (including phenoxy) is 1. The molecule has 0 saturated carbocycles. The summed E-state index contributed by atoms with van der Waals surface area (Å²) in [4.78, 5) is 19.6. The molecule has 2 aliphatic rings.